The Kier molecular flexibility index (Phi) is 7.31. The number of halogens is 2. The summed E-state index contributed by atoms with van der Waals surface area (Å²) in [5.41, 5.74) is 2.73. The summed E-state index contributed by atoms with van der Waals surface area (Å²) in [5, 5.41) is 0.904. The molecule has 3 heteroatoms. The van der Waals surface area contributed by atoms with Crippen molar-refractivity contribution >= 4 is 37.5 Å². The minimum atomic E-state index is 0.593. The van der Waals surface area contributed by atoms with E-state index in [2.05, 4.69) is 75.7 Å². The van der Waals surface area contributed by atoms with E-state index < -0.39 is 0 Å². The fourth-order valence-corrected chi connectivity index (χ4v) is 2.93. The van der Waals surface area contributed by atoms with Crippen LogP contribution in [0.5, 0.6) is 0 Å². The standard InChI is InChI=1S/C15H23Br2N/c1-4-6-9-18(12(3)5-2)15-8-7-14(17)10-13(15)11-16/h7-8,10,12H,4-6,9,11H2,1-3H3. The van der Waals surface area contributed by atoms with Crippen LogP contribution in [0.3, 0.4) is 0 Å². The van der Waals surface area contributed by atoms with Gasteiger partial charge in [-0.15, -0.1) is 0 Å². The smallest absolute Gasteiger partial charge is 0.0410 e. The van der Waals surface area contributed by atoms with Gasteiger partial charge in [-0.3, -0.25) is 0 Å². The van der Waals surface area contributed by atoms with Crippen molar-refractivity contribution in [1.82, 2.24) is 0 Å². The van der Waals surface area contributed by atoms with Crippen molar-refractivity contribution in [2.75, 3.05) is 11.4 Å². The molecule has 18 heavy (non-hydrogen) atoms. The minimum absolute atomic E-state index is 0.593. The van der Waals surface area contributed by atoms with Gasteiger partial charge in [-0.2, -0.15) is 0 Å². The van der Waals surface area contributed by atoms with E-state index in [4.69, 9.17) is 0 Å². The van der Waals surface area contributed by atoms with Crippen LogP contribution >= 0.6 is 31.9 Å². The van der Waals surface area contributed by atoms with Gasteiger partial charge < -0.3 is 4.90 Å². The lowest BCUT2D eigenvalue weighted by atomic mass is 10.1. The van der Waals surface area contributed by atoms with Gasteiger partial charge in [0.15, 0.2) is 0 Å². The molecule has 0 bridgehead atoms. The maximum atomic E-state index is 3.60. The van der Waals surface area contributed by atoms with Crippen LogP contribution in [-0.4, -0.2) is 12.6 Å². The van der Waals surface area contributed by atoms with Crippen LogP contribution in [0.25, 0.3) is 0 Å². The van der Waals surface area contributed by atoms with Gasteiger partial charge in [0.05, 0.1) is 0 Å². The number of unbranched alkanes of at least 4 members (excludes halogenated alkanes) is 1. The van der Waals surface area contributed by atoms with E-state index in [9.17, 15) is 0 Å². The average Bonchev–Trinajstić information content (AvgIpc) is 2.39. The molecule has 0 aromatic heterocycles. The van der Waals surface area contributed by atoms with Crippen molar-refractivity contribution in [2.24, 2.45) is 0 Å². The lowest BCUT2D eigenvalue weighted by Crippen LogP contribution is -2.34. The highest BCUT2D eigenvalue weighted by atomic mass is 79.9. The van der Waals surface area contributed by atoms with Gasteiger partial charge >= 0.3 is 0 Å². The van der Waals surface area contributed by atoms with Crippen molar-refractivity contribution in [3.05, 3.63) is 28.2 Å². The first-order chi connectivity index (χ1) is 8.63. The largest absolute Gasteiger partial charge is 0.369 e. The first-order valence-corrected chi connectivity index (χ1v) is 8.66. The number of nitrogens with zero attached hydrogens (tertiary/aromatic N) is 1. The molecule has 1 rings (SSSR count). The van der Waals surface area contributed by atoms with Crippen LogP contribution < -0.4 is 4.90 Å². The zero-order chi connectivity index (χ0) is 13.5. The summed E-state index contributed by atoms with van der Waals surface area (Å²) >= 11 is 7.16. The Bertz CT molecular complexity index is 366. The van der Waals surface area contributed by atoms with Gasteiger partial charge in [0, 0.05) is 28.1 Å². The van der Waals surface area contributed by atoms with Gasteiger partial charge in [-0.1, -0.05) is 52.1 Å². The Morgan fingerprint density at radius 3 is 2.56 bits per heavy atom. The van der Waals surface area contributed by atoms with Crippen LogP contribution in [0, 0.1) is 0 Å². The zero-order valence-electron chi connectivity index (χ0n) is 11.5. The third kappa shape index (κ3) is 4.27. The van der Waals surface area contributed by atoms with Gasteiger partial charge in [-0.05, 0) is 43.5 Å². The summed E-state index contributed by atoms with van der Waals surface area (Å²) < 4.78 is 1.15. The number of rotatable bonds is 7. The molecule has 0 aliphatic carbocycles. The molecule has 1 atom stereocenters. The van der Waals surface area contributed by atoms with E-state index in [0.29, 0.717) is 6.04 Å². The van der Waals surface area contributed by atoms with E-state index in [1.165, 1.54) is 30.5 Å². The summed E-state index contributed by atoms with van der Waals surface area (Å²) in [7, 11) is 0. The molecule has 0 radical (unpaired) electrons. The summed E-state index contributed by atoms with van der Waals surface area (Å²) in [5.74, 6) is 0. The number of hydrogen-bond acceptors (Lipinski definition) is 1. The number of hydrogen-bond donors (Lipinski definition) is 0. The fourth-order valence-electron chi connectivity index (χ4n) is 2.07. The second kappa shape index (κ2) is 8.21. The maximum absolute atomic E-state index is 3.60. The quantitative estimate of drug-likeness (QED) is 0.547. The number of benzene rings is 1. The molecule has 102 valence electrons. The summed E-state index contributed by atoms with van der Waals surface area (Å²) in [6, 6.07) is 7.19. The van der Waals surface area contributed by atoms with Crippen molar-refractivity contribution in [3.8, 4) is 0 Å². The van der Waals surface area contributed by atoms with Crippen molar-refractivity contribution in [1.29, 1.82) is 0 Å². The highest BCUT2D eigenvalue weighted by Gasteiger charge is 2.15. The summed E-state index contributed by atoms with van der Waals surface area (Å²) in [6.07, 6.45) is 3.68. The topological polar surface area (TPSA) is 3.24 Å². The monoisotopic (exact) mass is 375 g/mol. The second-order valence-corrected chi connectivity index (χ2v) is 6.19. The van der Waals surface area contributed by atoms with Crippen LogP contribution in [0.2, 0.25) is 0 Å². The Morgan fingerprint density at radius 1 is 1.28 bits per heavy atom. The third-order valence-corrected chi connectivity index (χ3v) is 4.47. The Morgan fingerprint density at radius 2 is 2.00 bits per heavy atom. The average molecular weight is 377 g/mol. The highest BCUT2D eigenvalue weighted by Crippen LogP contribution is 2.29. The highest BCUT2D eigenvalue weighted by molar-refractivity contribution is 9.10. The van der Waals surface area contributed by atoms with E-state index in [0.717, 1.165) is 16.3 Å². The molecule has 0 aliphatic rings. The van der Waals surface area contributed by atoms with Crippen molar-refractivity contribution in [2.45, 2.75) is 51.4 Å². The minimum Gasteiger partial charge on any atom is -0.369 e. The van der Waals surface area contributed by atoms with Gasteiger partial charge in [-0.25, -0.2) is 0 Å². The number of alkyl halides is 1. The second-order valence-electron chi connectivity index (χ2n) is 4.71. The molecule has 0 saturated heterocycles. The van der Waals surface area contributed by atoms with E-state index in [1.807, 2.05) is 0 Å². The lowest BCUT2D eigenvalue weighted by Gasteiger charge is -2.32. The van der Waals surface area contributed by atoms with E-state index >= 15 is 0 Å². The molecule has 1 unspecified atom stereocenters. The molecule has 1 aromatic carbocycles. The van der Waals surface area contributed by atoms with E-state index in [1.54, 1.807) is 0 Å². The first kappa shape index (κ1) is 16.0. The molecule has 0 heterocycles. The lowest BCUT2D eigenvalue weighted by molar-refractivity contribution is 0.594. The molecular weight excluding hydrogens is 354 g/mol. The molecule has 1 nitrogen and oxygen atoms in total. The van der Waals surface area contributed by atoms with Gasteiger partial charge in [0.25, 0.3) is 0 Å². The van der Waals surface area contributed by atoms with Crippen LogP contribution in [0.4, 0.5) is 5.69 Å². The Labute approximate surface area is 128 Å². The van der Waals surface area contributed by atoms with Crippen LogP contribution in [-0.2, 0) is 5.33 Å². The summed E-state index contributed by atoms with van der Waals surface area (Å²) in [6.45, 7) is 7.97. The SMILES string of the molecule is CCCCN(c1ccc(Br)cc1CBr)C(C)CC. The Hall–Kier alpha value is -0.0200. The normalized spacial score (nSPS) is 12.5. The first-order valence-electron chi connectivity index (χ1n) is 6.75. The molecule has 0 fully saturated rings. The number of anilines is 1. The third-order valence-electron chi connectivity index (χ3n) is 3.37. The molecule has 0 amide bonds. The Balaban J connectivity index is 3.03. The summed E-state index contributed by atoms with van der Waals surface area (Å²) in [4.78, 5) is 2.55. The molecule has 0 N–H and O–H groups in total. The van der Waals surface area contributed by atoms with Gasteiger partial charge in [0.1, 0.15) is 0 Å². The van der Waals surface area contributed by atoms with Crippen LogP contribution in [0.1, 0.15) is 45.6 Å². The fraction of sp³-hybridized carbons (Fsp3) is 0.600. The predicted molar refractivity (Wildman–Crippen MR) is 88.8 cm³/mol. The molecule has 0 spiro atoms. The molecule has 0 saturated carbocycles. The van der Waals surface area contributed by atoms with Crippen LogP contribution in [0.15, 0.2) is 22.7 Å². The maximum Gasteiger partial charge on any atom is 0.0410 e. The predicted octanol–water partition coefficient (Wildman–Crippen LogP) is 5.75. The van der Waals surface area contributed by atoms with Crippen molar-refractivity contribution in [3.63, 3.8) is 0 Å². The molecule has 1 aromatic rings. The molecule has 0 aliphatic heterocycles. The van der Waals surface area contributed by atoms with Crippen molar-refractivity contribution < 1.29 is 0 Å². The zero-order valence-corrected chi connectivity index (χ0v) is 14.7. The van der Waals surface area contributed by atoms with Gasteiger partial charge in [0.2, 0.25) is 0 Å². The molecular formula is C15H23Br2N. The van der Waals surface area contributed by atoms with E-state index in [-0.39, 0.29) is 0 Å².